The molecule has 0 aromatic heterocycles. The molecule has 0 aliphatic carbocycles. The third-order valence-corrected chi connectivity index (χ3v) is 1.46. The maximum atomic E-state index is 10.4. The molecule has 0 aromatic carbocycles. The molecule has 0 heterocycles. The van der Waals surface area contributed by atoms with Crippen molar-refractivity contribution < 1.29 is 14.7 Å². The molecule has 0 rings (SSSR count). The van der Waals surface area contributed by atoms with Crippen molar-refractivity contribution in [2.24, 2.45) is 0 Å². The summed E-state index contributed by atoms with van der Waals surface area (Å²) < 4.78 is 0. The minimum Gasteiger partial charge on any atom is -0.478 e. The number of aliphatic carboxylic acids is 1. The number of carboxylic acid groups (broad SMARTS) is 1. The van der Waals surface area contributed by atoms with Crippen molar-refractivity contribution in [3.8, 4) is 0 Å². The van der Waals surface area contributed by atoms with E-state index in [1.807, 2.05) is 6.92 Å². The van der Waals surface area contributed by atoms with Crippen LogP contribution in [0.5, 0.6) is 0 Å². The monoisotopic (exact) mass is 156 g/mol. The van der Waals surface area contributed by atoms with Crippen LogP contribution in [0.2, 0.25) is 0 Å². The Morgan fingerprint density at radius 3 is 2.36 bits per heavy atom. The summed E-state index contributed by atoms with van der Waals surface area (Å²) in [5.41, 5.74) is 0.543. The smallest absolute Gasteiger partial charge is 0.331 e. The van der Waals surface area contributed by atoms with E-state index in [0.29, 0.717) is 18.3 Å². The van der Waals surface area contributed by atoms with Gasteiger partial charge in [0.2, 0.25) is 0 Å². The van der Waals surface area contributed by atoms with Crippen LogP contribution in [0.15, 0.2) is 11.1 Å². The molecule has 0 atom stereocenters. The van der Waals surface area contributed by atoms with E-state index >= 15 is 0 Å². The van der Waals surface area contributed by atoms with Gasteiger partial charge in [-0.3, -0.25) is 4.79 Å². The van der Waals surface area contributed by atoms with Crippen LogP contribution < -0.4 is 0 Å². The van der Waals surface area contributed by atoms with Gasteiger partial charge < -0.3 is 5.11 Å². The molecular weight excluding hydrogens is 144 g/mol. The van der Waals surface area contributed by atoms with Gasteiger partial charge in [-0.1, -0.05) is 13.3 Å². The Morgan fingerprint density at radius 1 is 1.55 bits per heavy atom. The van der Waals surface area contributed by atoms with Crippen LogP contribution >= 0.6 is 0 Å². The van der Waals surface area contributed by atoms with E-state index in [-0.39, 0.29) is 5.57 Å². The predicted molar refractivity (Wildman–Crippen MR) is 41.3 cm³/mol. The van der Waals surface area contributed by atoms with Gasteiger partial charge in [0, 0.05) is 11.1 Å². The molecule has 0 aromatic rings. The average molecular weight is 156 g/mol. The number of allylic oxidation sites excluding steroid dienone is 1. The van der Waals surface area contributed by atoms with Crippen molar-refractivity contribution in [1.82, 2.24) is 0 Å². The van der Waals surface area contributed by atoms with Gasteiger partial charge in [-0.2, -0.15) is 0 Å². The van der Waals surface area contributed by atoms with Gasteiger partial charge in [0.15, 0.2) is 0 Å². The second kappa shape index (κ2) is 4.66. The number of carboxylic acids is 1. The summed E-state index contributed by atoms with van der Waals surface area (Å²) >= 11 is 0. The molecular formula is C8H12O3. The highest BCUT2D eigenvalue weighted by Gasteiger charge is 2.06. The fourth-order valence-corrected chi connectivity index (χ4v) is 0.742. The normalized spacial score (nSPS) is 12.2. The Kier molecular flexibility index (Phi) is 4.18. The lowest BCUT2D eigenvalue weighted by Gasteiger charge is -1.98. The van der Waals surface area contributed by atoms with E-state index in [9.17, 15) is 9.59 Å². The topological polar surface area (TPSA) is 54.4 Å². The van der Waals surface area contributed by atoms with Crippen molar-refractivity contribution in [1.29, 1.82) is 0 Å². The van der Waals surface area contributed by atoms with Gasteiger partial charge in [0.25, 0.3) is 0 Å². The maximum absolute atomic E-state index is 10.4. The van der Waals surface area contributed by atoms with Crippen molar-refractivity contribution in [2.75, 3.05) is 0 Å². The number of hydrogen-bond donors (Lipinski definition) is 1. The number of hydrogen-bond acceptors (Lipinski definition) is 2. The molecule has 0 aliphatic rings. The van der Waals surface area contributed by atoms with Crippen molar-refractivity contribution >= 4 is 12.3 Å². The Labute approximate surface area is 65.7 Å². The molecule has 0 amide bonds. The van der Waals surface area contributed by atoms with Crippen LogP contribution in [-0.2, 0) is 9.59 Å². The van der Waals surface area contributed by atoms with E-state index in [4.69, 9.17) is 5.11 Å². The molecule has 0 fully saturated rings. The highest BCUT2D eigenvalue weighted by atomic mass is 16.4. The molecule has 3 nitrogen and oxygen atoms in total. The van der Waals surface area contributed by atoms with Gasteiger partial charge >= 0.3 is 5.97 Å². The van der Waals surface area contributed by atoms with Gasteiger partial charge in [0.1, 0.15) is 6.29 Å². The third-order valence-electron chi connectivity index (χ3n) is 1.46. The summed E-state index contributed by atoms with van der Waals surface area (Å²) in [5, 5.41) is 8.49. The molecule has 0 spiro atoms. The maximum Gasteiger partial charge on any atom is 0.331 e. The number of aldehydes is 1. The first-order valence-corrected chi connectivity index (χ1v) is 3.51. The molecule has 0 saturated heterocycles. The Bertz CT molecular complexity index is 192. The van der Waals surface area contributed by atoms with E-state index in [1.54, 1.807) is 0 Å². The van der Waals surface area contributed by atoms with Crippen LogP contribution in [-0.4, -0.2) is 17.4 Å². The highest BCUT2D eigenvalue weighted by Crippen LogP contribution is 2.07. The summed E-state index contributed by atoms with van der Waals surface area (Å²) in [6.45, 7) is 3.35. The molecule has 0 saturated carbocycles. The molecule has 3 heteroatoms. The van der Waals surface area contributed by atoms with E-state index in [1.165, 1.54) is 6.92 Å². The molecule has 0 aliphatic heterocycles. The number of rotatable bonds is 4. The summed E-state index contributed by atoms with van der Waals surface area (Å²) in [6.07, 6.45) is 1.95. The van der Waals surface area contributed by atoms with E-state index in [0.717, 1.165) is 6.42 Å². The zero-order chi connectivity index (χ0) is 8.85. The molecule has 0 bridgehead atoms. The molecule has 0 unspecified atom stereocenters. The standard InChI is InChI=1S/C8H12O3/c1-3-4-7(5-9)6(2)8(10)11/h5H,3-4H2,1-2H3,(H,10,11)/b7-6-. The fraction of sp³-hybridized carbons (Fsp3) is 0.500. The second-order valence-electron chi connectivity index (χ2n) is 2.32. The van der Waals surface area contributed by atoms with Crippen molar-refractivity contribution in [3.05, 3.63) is 11.1 Å². The fourth-order valence-electron chi connectivity index (χ4n) is 0.742. The quantitative estimate of drug-likeness (QED) is 0.494. The second-order valence-corrected chi connectivity index (χ2v) is 2.32. The third kappa shape index (κ3) is 2.98. The van der Waals surface area contributed by atoms with Crippen LogP contribution in [0, 0.1) is 0 Å². The SMILES string of the molecule is CCC/C(C=O)=C(\C)C(=O)O. The first-order chi connectivity index (χ1) is 5.13. The lowest BCUT2D eigenvalue weighted by Crippen LogP contribution is -2.01. The number of carbonyl (C=O) groups excluding carboxylic acids is 1. The van der Waals surface area contributed by atoms with Crippen LogP contribution in [0.4, 0.5) is 0 Å². The Balaban J connectivity index is 4.53. The molecule has 11 heavy (non-hydrogen) atoms. The lowest BCUT2D eigenvalue weighted by atomic mass is 10.1. The zero-order valence-corrected chi connectivity index (χ0v) is 6.76. The number of carbonyl (C=O) groups is 2. The predicted octanol–water partition coefficient (Wildman–Crippen LogP) is 1.39. The average Bonchev–Trinajstić information content (AvgIpc) is 1.98. The highest BCUT2D eigenvalue weighted by molar-refractivity contribution is 5.93. The van der Waals surface area contributed by atoms with Gasteiger partial charge in [-0.05, 0) is 13.3 Å². The first-order valence-electron chi connectivity index (χ1n) is 3.51. The Morgan fingerprint density at radius 2 is 2.09 bits per heavy atom. The van der Waals surface area contributed by atoms with E-state index < -0.39 is 5.97 Å². The molecule has 1 N–H and O–H groups in total. The van der Waals surface area contributed by atoms with Gasteiger partial charge in [-0.25, -0.2) is 4.79 Å². The summed E-state index contributed by atoms with van der Waals surface area (Å²) in [4.78, 5) is 20.7. The van der Waals surface area contributed by atoms with Crippen LogP contribution in [0.25, 0.3) is 0 Å². The largest absolute Gasteiger partial charge is 0.478 e. The van der Waals surface area contributed by atoms with Crippen LogP contribution in [0.3, 0.4) is 0 Å². The first kappa shape index (κ1) is 9.88. The molecule has 0 radical (unpaired) electrons. The lowest BCUT2D eigenvalue weighted by molar-refractivity contribution is -0.132. The van der Waals surface area contributed by atoms with E-state index in [2.05, 4.69) is 0 Å². The summed E-state index contributed by atoms with van der Waals surface area (Å²) in [6, 6.07) is 0. The summed E-state index contributed by atoms with van der Waals surface area (Å²) in [7, 11) is 0. The van der Waals surface area contributed by atoms with Gasteiger partial charge in [0.05, 0.1) is 0 Å². The minimum atomic E-state index is -1.01. The zero-order valence-electron chi connectivity index (χ0n) is 6.76. The molecule has 62 valence electrons. The van der Waals surface area contributed by atoms with Crippen molar-refractivity contribution in [3.63, 3.8) is 0 Å². The Hall–Kier alpha value is -1.12. The summed E-state index contributed by atoms with van der Waals surface area (Å²) in [5.74, 6) is -1.01. The minimum absolute atomic E-state index is 0.154. The van der Waals surface area contributed by atoms with Crippen LogP contribution in [0.1, 0.15) is 26.7 Å². The van der Waals surface area contributed by atoms with Gasteiger partial charge in [-0.15, -0.1) is 0 Å². The van der Waals surface area contributed by atoms with Crippen molar-refractivity contribution in [2.45, 2.75) is 26.7 Å².